The highest BCUT2D eigenvalue weighted by Crippen LogP contribution is 2.29. The van der Waals surface area contributed by atoms with E-state index < -0.39 is 6.09 Å². The van der Waals surface area contributed by atoms with Crippen molar-refractivity contribution in [3.8, 4) is 0 Å². The third-order valence-electron chi connectivity index (χ3n) is 2.14. The number of carbonyl (C=O) groups excluding carboxylic acids is 1. The number of carbonyl (C=O) groups is 1. The van der Waals surface area contributed by atoms with E-state index >= 15 is 0 Å². The molecule has 0 N–H and O–H groups in total. The number of allylic oxidation sites excluding steroid dienone is 1. The summed E-state index contributed by atoms with van der Waals surface area (Å²) in [7, 11) is 0. The Morgan fingerprint density at radius 1 is 1.23 bits per heavy atom. The van der Waals surface area contributed by atoms with Crippen molar-refractivity contribution in [3.05, 3.63) is 41.2 Å². The highest BCUT2D eigenvalue weighted by Gasteiger charge is 2.29. The first-order chi connectivity index (χ1) is 6.34. The molecule has 0 aromatic heterocycles. The lowest BCUT2D eigenvalue weighted by Gasteiger charge is -1.94. The van der Waals surface area contributed by atoms with Crippen LogP contribution in [0.2, 0.25) is 0 Å². The molecule has 0 bridgehead atoms. The van der Waals surface area contributed by atoms with Crippen LogP contribution < -0.4 is 0 Å². The Morgan fingerprint density at radius 2 is 2.08 bits per heavy atom. The van der Waals surface area contributed by atoms with Crippen LogP contribution in [0.3, 0.4) is 0 Å². The number of amides is 1. The van der Waals surface area contributed by atoms with Crippen LogP contribution in [-0.2, 0) is 4.74 Å². The van der Waals surface area contributed by atoms with Gasteiger partial charge in [0.05, 0.1) is 0 Å². The molecule has 1 aliphatic carbocycles. The van der Waals surface area contributed by atoms with Gasteiger partial charge in [-0.3, -0.25) is 0 Å². The number of nitrogens with zero attached hydrogens (tertiary/aromatic N) is 1. The van der Waals surface area contributed by atoms with Gasteiger partial charge in [0.2, 0.25) is 0 Å². The fourth-order valence-electron chi connectivity index (χ4n) is 1.58. The molecule has 3 rings (SSSR count). The molecule has 2 aliphatic rings. The molecule has 3 nitrogen and oxygen atoms in total. The predicted molar refractivity (Wildman–Crippen MR) is 47.4 cm³/mol. The smallest absolute Gasteiger partial charge is 0.406 e. The van der Waals surface area contributed by atoms with Crippen molar-refractivity contribution in [1.82, 2.24) is 0 Å². The molecule has 1 heterocycles. The summed E-state index contributed by atoms with van der Waals surface area (Å²) in [4.78, 5) is 14.6. The number of hydrogen-bond donors (Lipinski definition) is 0. The van der Waals surface area contributed by atoms with Gasteiger partial charge in [0.15, 0.2) is 5.76 Å². The molecule has 1 aliphatic heterocycles. The van der Waals surface area contributed by atoms with E-state index in [4.69, 9.17) is 4.74 Å². The monoisotopic (exact) mass is 171 g/mol. The molecule has 1 aromatic rings. The van der Waals surface area contributed by atoms with E-state index in [1.54, 1.807) is 0 Å². The van der Waals surface area contributed by atoms with E-state index in [0.717, 1.165) is 11.1 Å². The third-order valence-corrected chi connectivity index (χ3v) is 2.14. The van der Waals surface area contributed by atoms with Gasteiger partial charge < -0.3 is 4.74 Å². The SMILES string of the molecule is O=C1N=C2C(=Cc3ccccc32)O1. The second kappa shape index (κ2) is 2.07. The highest BCUT2D eigenvalue weighted by atomic mass is 16.6. The molecule has 0 spiro atoms. The van der Waals surface area contributed by atoms with Crippen LogP contribution in [-0.4, -0.2) is 11.8 Å². The van der Waals surface area contributed by atoms with E-state index in [9.17, 15) is 4.79 Å². The number of aliphatic imine (C=N–C) groups is 1. The number of rotatable bonds is 0. The van der Waals surface area contributed by atoms with Crippen LogP contribution in [0.4, 0.5) is 4.79 Å². The maximum Gasteiger partial charge on any atom is 0.439 e. The Morgan fingerprint density at radius 3 is 3.00 bits per heavy atom. The van der Waals surface area contributed by atoms with E-state index in [0.29, 0.717) is 11.5 Å². The molecule has 3 heteroatoms. The molecule has 13 heavy (non-hydrogen) atoms. The van der Waals surface area contributed by atoms with Crippen LogP contribution >= 0.6 is 0 Å². The average Bonchev–Trinajstić information content (AvgIpc) is 2.60. The molecule has 62 valence electrons. The topological polar surface area (TPSA) is 38.7 Å². The molecular formula is C10H5NO2. The Balaban J connectivity index is 2.28. The van der Waals surface area contributed by atoms with Crippen molar-refractivity contribution in [3.63, 3.8) is 0 Å². The lowest BCUT2D eigenvalue weighted by atomic mass is 10.1. The summed E-state index contributed by atoms with van der Waals surface area (Å²) in [6, 6.07) is 7.76. The van der Waals surface area contributed by atoms with Gasteiger partial charge in [0.1, 0.15) is 5.71 Å². The van der Waals surface area contributed by atoms with Gasteiger partial charge in [0, 0.05) is 5.56 Å². The summed E-state index contributed by atoms with van der Waals surface area (Å²) in [5.74, 6) is 0.575. The van der Waals surface area contributed by atoms with Crippen molar-refractivity contribution in [2.24, 2.45) is 4.99 Å². The molecule has 0 atom stereocenters. The van der Waals surface area contributed by atoms with E-state index in [1.807, 2.05) is 30.3 Å². The maximum atomic E-state index is 10.8. The maximum absolute atomic E-state index is 10.8. The van der Waals surface area contributed by atoms with Gasteiger partial charge in [-0.1, -0.05) is 24.3 Å². The molecule has 0 saturated heterocycles. The fraction of sp³-hybridized carbons (Fsp3) is 0. The molecule has 0 saturated carbocycles. The van der Waals surface area contributed by atoms with Gasteiger partial charge in [0.25, 0.3) is 0 Å². The minimum Gasteiger partial charge on any atom is -0.406 e. The Bertz CT molecular complexity index is 472. The van der Waals surface area contributed by atoms with Crippen molar-refractivity contribution < 1.29 is 9.53 Å². The second-order valence-corrected chi connectivity index (χ2v) is 2.92. The standard InChI is InChI=1S/C10H5NO2/c12-10-11-9-7-4-2-1-3-6(7)5-8(9)13-10/h1-5H. The second-order valence-electron chi connectivity index (χ2n) is 2.92. The molecule has 0 unspecified atom stereocenters. The zero-order valence-corrected chi connectivity index (χ0v) is 6.65. The quantitative estimate of drug-likeness (QED) is 0.598. The zero-order valence-electron chi connectivity index (χ0n) is 6.65. The van der Waals surface area contributed by atoms with Crippen LogP contribution in [0.15, 0.2) is 35.0 Å². The first-order valence-corrected chi connectivity index (χ1v) is 3.96. The molecule has 1 aromatic carbocycles. The minimum absolute atomic E-state index is 0.518. The van der Waals surface area contributed by atoms with E-state index in [2.05, 4.69) is 4.99 Å². The van der Waals surface area contributed by atoms with Gasteiger partial charge in [-0.2, -0.15) is 4.99 Å². The van der Waals surface area contributed by atoms with Gasteiger partial charge in [-0.05, 0) is 11.6 Å². The Labute approximate surface area is 74.4 Å². The van der Waals surface area contributed by atoms with Crippen molar-refractivity contribution in [2.75, 3.05) is 0 Å². The summed E-state index contributed by atoms with van der Waals surface area (Å²) < 4.78 is 4.89. The lowest BCUT2D eigenvalue weighted by molar-refractivity contribution is 0.198. The summed E-state index contributed by atoms with van der Waals surface area (Å²) in [6.07, 6.45) is 1.31. The number of fused-ring (bicyclic) bond motifs is 3. The van der Waals surface area contributed by atoms with Crippen LogP contribution in [0.25, 0.3) is 6.08 Å². The molecule has 1 amide bonds. The van der Waals surface area contributed by atoms with E-state index in [-0.39, 0.29) is 0 Å². The lowest BCUT2D eigenvalue weighted by Crippen LogP contribution is -1.94. The first kappa shape index (κ1) is 6.60. The van der Waals surface area contributed by atoms with Crippen LogP contribution in [0.5, 0.6) is 0 Å². The summed E-state index contributed by atoms with van der Waals surface area (Å²) in [6.45, 7) is 0. The van der Waals surface area contributed by atoms with Crippen LogP contribution in [0.1, 0.15) is 11.1 Å². The van der Waals surface area contributed by atoms with Crippen molar-refractivity contribution in [1.29, 1.82) is 0 Å². The van der Waals surface area contributed by atoms with Crippen molar-refractivity contribution >= 4 is 17.9 Å². The Hall–Kier alpha value is -1.90. The number of hydrogen-bond acceptors (Lipinski definition) is 2. The summed E-state index contributed by atoms with van der Waals surface area (Å²) in [5.41, 5.74) is 2.70. The number of ether oxygens (including phenoxy) is 1. The summed E-state index contributed by atoms with van der Waals surface area (Å²) >= 11 is 0. The van der Waals surface area contributed by atoms with E-state index in [1.165, 1.54) is 0 Å². The van der Waals surface area contributed by atoms with Crippen molar-refractivity contribution in [2.45, 2.75) is 0 Å². The Kier molecular flexibility index (Phi) is 1.05. The fourth-order valence-corrected chi connectivity index (χ4v) is 1.58. The average molecular weight is 171 g/mol. The highest BCUT2D eigenvalue weighted by molar-refractivity contribution is 6.25. The van der Waals surface area contributed by atoms with Gasteiger partial charge in [-0.15, -0.1) is 0 Å². The zero-order chi connectivity index (χ0) is 8.84. The van der Waals surface area contributed by atoms with Gasteiger partial charge in [-0.25, -0.2) is 4.79 Å². The molecule has 0 fully saturated rings. The third kappa shape index (κ3) is 0.783. The first-order valence-electron chi connectivity index (χ1n) is 3.96. The largest absolute Gasteiger partial charge is 0.439 e. The predicted octanol–water partition coefficient (Wildman–Crippen LogP) is 1.98. The van der Waals surface area contributed by atoms with Gasteiger partial charge >= 0.3 is 6.09 Å². The molecular weight excluding hydrogens is 166 g/mol. The van der Waals surface area contributed by atoms with Crippen LogP contribution in [0, 0.1) is 0 Å². The minimum atomic E-state index is -0.518. The normalized spacial score (nSPS) is 17.4. The molecule has 0 radical (unpaired) electrons. The number of benzene rings is 1. The summed E-state index contributed by atoms with van der Waals surface area (Å²) in [5, 5.41) is 0.